The summed E-state index contributed by atoms with van der Waals surface area (Å²) in [6, 6.07) is 12.7. The lowest BCUT2D eigenvalue weighted by molar-refractivity contribution is -0.385. The number of nitrogens with one attached hydrogen (secondary N) is 1. The van der Waals surface area contributed by atoms with Crippen LogP contribution in [-0.2, 0) is 0 Å². The van der Waals surface area contributed by atoms with E-state index in [1.54, 1.807) is 30.3 Å². The number of ether oxygens (including phenoxy) is 1. The first-order valence-corrected chi connectivity index (χ1v) is 6.33. The molecule has 0 aromatic heterocycles. The fourth-order valence-electron chi connectivity index (χ4n) is 1.47. The number of nitrogens with zero attached hydrogens (tertiary/aromatic N) is 1. The van der Waals surface area contributed by atoms with Crippen LogP contribution in [0, 0.1) is 10.1 Å². The number of carbonyl (C=O) groups is 1. The Bertz CT molecular complexity index is 646. The van der Waals surface area contributed by atoms with Crippen molar-refractivity contribution in [3.8, 4) is 5.75 Å². The number of nitro groups is 1. The van der Waals surface area contributed by atoms with Crippen LogP contribution in [0.25, 0.3) is 0 Å². The van der Waals surface area contributed by atoms with Crippen molar-refractivity contribution in [3.63, 3.8) is 0 Å². The van der Waals surface area contributed by atoms with Crippen LogP contribution in [0.15, 0.2) is 53.0 Å². The predicted molar refractivity (Wildman–Crippen MR) is 76.9 cm³/mol. The lowest BCUT2D eigenvalue weighted by Gasteiger charge is -2.06. The number of nitro benzene ring substituents is 1. The van der Waals surface area contributed by atoms with E-state index in [0.29, 0.717) is 11.4 Å². The third-order valence-corrected chi connectivity index (χ3v) is 2.98. The molecular weight excluding hydrogens is 328 g/mol. The normalized spacial score (nSPS) is 9.85. The van der Waals surface area contributed by atoms with Gasteiger partial charge in [0.25, 0.3) is 5.69 Å². The number of para-hydroxylation sites is 1. The summed E-state index contributed by atoms with van der Waals surface area (Å²) in [5.74, 6) is 0.408. The van der Waals surface area contributed by atoms with Gasteiger partial charge >= 0.3 is 6.09 Å². The molecule has 6 nitrogen and oxygen atoms in total. The summed E-state index contributed by atoms with van der Waals surface area (Å²) in [7, 11) is 0. The maximum atomic E-state index is 11.6. The zero-order valence-corrected chi connectivity index (χ0v) is 11.7. The summed E-state index contributed by atoms with van der Waals surface area (Å²) in [5, 5.41) is 13.1. The van der Waals surface area contributed by atoms with E-state index >= 15 is 0 Å². The summed E-state index contributed by atoms with van der Waals surface area (Å²) in [6.45, 7) is 0. The van der Waals surface area contributed by atoms with Gasteiger partial charge < -0.3 is 4.74 Å². The second kappa shape index (κ2) is 6.16. The Balaban J connectivity index is 2.05. The van der Waals surface area contributed by atoms with Crippen LogP contribution in [-0.4, -0.2) is 11.0 Å². The van der Waals surface area contributed by atoms with E-state index in [1.807, 2.05) is 0 Å². The largest absolute Gasteiger partial charge is 0.417 e. The van der Waals surface area contributed by atoms with Crippen molar-refractivity contribution >= 4 is 33.4 Å². The monoisotopic (exact) mass is 336 g/mol. The highest BCUT2D eigenvalue weighted by Gasteiger charge is 2.13. The van der Waals surface area contributed by atoms with Gasteiger partial charge in [-0.25, -0.2) is 4.79 Å². The second-order valence-electron chi connectivity index (χ2n) is 3.75. The third kappa shape index (κ3) is 3.55. The maximum absolute atomic E-state index is 11.6. The number of carbonyl (C=O) groups excluding carboxylic acids is 1. The molecule has 0 aliphatic heterocycles. The Morgan fingerprint density at radius 2 is 1.90 bits per heavy atom. The van der Waals surface area contributed by atoms with Gasteiger partial charge in [0.1, 0.15) is 5.75 Å². The highest BCUT2D eigenvalue weighted by atomic mass is 79.9. The van der Waals surface area contributed by atoms with Crippen molar-refractivity contribution in [2.75, 3.05) is 5.32 Å². The number of rotatable bonds is 3. The molecular formula is C13H9BrN2O4. The smallest absolute Gasteiger partial charge is 0.410 e. The zero-order valence-electron chi connectivity index (χ0n) is 10.1. The number of benzene rings is 2. The summed E-state index contributed by atoms with van der Waals surface area (Å²) in [4.78, 5) is 21.8. The molecule has 20 heavy (non-hydrogen) atoms. The van der Waals surface area contributed by atoms with Gasteiger partial charge in [-0.15, -0.1) is 0 Å². The van der Waals surface area contributed by atoms with Gasteiger partial charge in [-0.1, -0.05) is 18.2 Å². The van der Waals surface area contributed by atoms with Crippen molar-refractivity contribution in [2.45, 2.75) is 0 Å². The van der Waals surface area contributed by atoms with Crippen molar-refractivity contribution < 1.29 is 14.5 Å². The van der Waals surface area contributed by atoms with E-state index in [9.17, 15) is 14.9 Å². The summed E-state index contributed by atoms with van der Waals surface area (Å²) in [5.41, 5.74) is 0.315. The van der Waals surface area contributed by atoms with Gasteiger partial charge in [0, 0.05) is 11.8 Å². The number of hydrogen-bond acceptors (Lipinski definition) is 4. The topological polar surface area (TPSA) is 81.5 Å². The predicted octanol–water partition coefficient (Wildman–Crippen LogP) is 3.97. The van der Waals surface area contributed by atoms with E-state index in [-0.39, 0.29) is 10.2 Å². The second-order valence-corrected chi connectivity index (χ2v) is 4.61. The van der Waals surface area contributed by atoms with Gasteiger partial charge in [-0.05, 0) is 40.2 Å². The quantitative estimate of drug-likeness (QED) is 0.679. The number of hydrogen-bond donors (Lipinski definition) is 1. The number of amides is 1. The molecule has 0 aliphatic carbocycles. The highest BCUT2D eigenvalue weighted by molar-refractivity contribution is 9.10. The molecule has 0 bridgehead atoms. The number of halogens is 1. The summed E-state index contributed by atoms with van der Waals surface area (Å²) < 4.78 is 5.31. The van der Waals surface area contributed by atoms with Gasteiger partial charge in [-0.3, -0.25) is 15.4 Å². The summed E-state index contributed by atoms with van der Waals surface area (Å²) in [6.07, 6.45) is -0.669. The van der Waals surface area contributed by atoms with Gasteiger partial charge in [-0.2, -0.15) is 0 Å². The van der Waals surface area contributed by atoms with E-state index in [1.165, 1.54) is 18.2 Å². The van der Waals surface area contributed by atoms with Crippen LogP contribution in [0.2, 0.25) is 0 Å². The molecule has 7 heteroatoms. The SMILES string of the molecule is O=C(Nc1ccc([N+](=O)[O-])c(Br)c1)Oc1ccccc1. The average Bonchev–Trinajstić information content (AvgIpc) is 2.39. The van der Waals surface area contributed by atoms with Gasteiger partial charge in [0.15, 0.2) is 0 Å². The van der Waals surface area contributed by atoms with Crippen LogP contribution in [0.3, 0.4) is 0 Å². The molecule has 0 spiro atoms. The van der Waals surface area contributed by atoms with E-state index in [4.69, 9.17) is 4.74 Å². The molecule has 102 valence electrons. The molecule has 2 aromatic rings. The fraction of sp³-hybridized carbons (Fsp3) is 0. The average molecular weight is 337 g/mol. The Morgan fingerprint density at radius 3 is 2.50 bits per heavy atom. The maximum Gasteiger partial charge on any atom is 0.417 e. The molecule has 0 saturated carbocycles. The van der Waals surface area contributed by atoms with Gasteiger partial charge in [0.05, 0.1) is 9.40 Å². The standard InChI is InChI=1S/C13H9BrN2O4/c14-11-8-9(6-7-12(11)16(18)19)15-13(17)20-10-4-2-1-3-5-10/h1-8H,(H,15,17). The van der Waals surface area contributed by atoms with E-state index in [0.717, 1.165) is 0 Å². The fourth-order valence-corrected chi connectivity index (χ4v) is 2.00. The van der Waals surface area contributed by atoms with Crippen molar-refractivity contribution in [1.29, 1.82) is 0 Å². The molecule has 0 unspecified atom stereocenters. The molecule has 0 heterocycles. The van der Waals surface area contributed by atoms with Crippen LogP contribution in [0.1, 0.15) is 0 Å². The molecule has 0 atom stereocenters. The highest BCUT2D eigenvalue weighted by Crippen LogP contribution is 2.27. The molecule has 0 saturated heterocycles. The van der Waals surface area contributed by atoms with Crippen molar-refractivity contribution in [1.82, 2.24) is 0 Å². The molecule has 0 radical (unpaired) electrons. The van der Waals surface area contributed by atoms with Crippen molar-refractivity contribution in [3.05, 3.63) is 63.1 Å². The molecule has 1 amide bonds. The lowest BCUT2D eigenvalue weighted by Crippen LogP contribution is -2.16. The molecule has 0 fully saturated rings. The van der Waals surface area contributed by atoms with Crippen LogP contribution in [0.4, 0.5) is 16.2 Å². The molecule has 2 rings (SSSR count). The zero-order chi connectivity index (χ0) is 14.5. The van der Waals surface area contributed by atoms with Crippen LogP contribution in [0.5, 0.6) is 5.75 Å². The summed E-state index contributed by atoms with van der Waals surface area (Å²) >= 11 is 3.07. The van der Waals surface area contributed by atoms with E-state index in [2.05, 4.69) is 21.2 Å². The molecule has 2 aromatic carbocycles. The lowest BCUT2D eigenvalue weighted by atomic mass is 10.3. The first kappa shape index (κ1) is 14.0. The Hall–Kier alpha value is -2.41. The van der Waals surface area contributed by atoms with E-state index < -0.39 is 11.0 Å². The van der Waals surface area contributed by atoms with Crippen LogP contribution < -0.4 is 10.1 Å². The Morgan fingerprint density at radius 1 is 1.20 bits per heavy atom. The third-order valence-electron chi connectivity index (χ3n) is 2.34. The minimum atomic E-state index is -0.669. The Kier molecular flexibility index (Phi) is 4.31. The minimum Gasteiger partial charge on any atom is -0.410 e. The first-order valence-electron chi connectivity index (χ1n) is 5.54. The number of anilines is 1. The molecule has 1 N–H and O–H groups in total. The van der Waals surface area contributed by atoms with Crippen LogP contribution >= 0.6 is 15.9 Å². The molecule has 0 aliphatic rings. The first-order chi connectivity index (χ1) is 9.56. The Labute approximate surface area is 122 Å². The minimum absolute atomic E-state index is 0.0769. The van der Waals surface area contributed by atoms with Gasteiger partial charge in [0.2, 0.25) is 0 Å². The van der Waals surface area contributed by atoms with Crippen molar-refractivity contribution in [2.24, 2.45) is 0 Å².